The first-order valence-corrected chi connectivity index (χ1v) is 12.2. The van der Waals surface area contributed by atoms with Crippen LogP contribution in [0.1, 0.15) is 52.4 Å². The lowest BCUT2D eigenvalue weighted by Crippen LogP contribution is -2.42. The van der Waals surface area contributed by atoms with Gasteiger partial charge in [-0.1, -0.05) is 73.8 Å². The molecule has 0 saturated carbocycles. The summed E-state index contributed by atoms with van der Waals surface area (Å²) in [6.45, 7) is 3.97. The number of primary amides is 1. The molecule has 0 saturated heterocycles. The lowest BCUT2D eigenvalue weighted by molar-refractivity contribution is -0.0800. The number of hydrogen-bond acceptors (Lipinski definition) is 4. The van der Waals surface area contributed by atoms with E-state index in [1.807, 2.05) is 13.0 Å². The molecule has 0 aliphatic heterocycles. The van der Waals surface area contributed by atoms with Crippen molar-refractivity contribution < 1.29 is 22.4 Å². The quantitative estimate of drug-likeness (QED) is 0.138. The van der Waals surface area contributed by atoms with E-state index < -0.39 is 23.4 Å². The van der Waals surface area contributed by atoms with E-state index in [0.717, 1.165) is 42.2 Å². The standard InChI is InChI=1S/C25H30F4N4OS/c1-3-4-5-6-7-8-10-18(2)12-13-20(14-15-25(27,28)29)33(23(30)34)24-32-21(22(26)35-24)19-11-9-16-31-17-19/h9-17,20H,3-8H2,1-2H3,(H2,30,34)/b13-12-,15-14+,18-10+/t20-/m0/s1. The normalized spacial score (nSPS) is 13.6. The monoisotopic (exact) mass is 510 g/mol. The van der Waals surface area contributed by atoms with Gasteiger partial charge in [-0.25, -0.2) is 9.78 Å². The molecule has 0 bridgehead atoms. The Hall–Kier alpha value is -3.01. The van der Waals surface area contributed by atoms with E-state index in [9.17, 15) is 22.4 Å². The summed E-state index contributed by atoms with van der Waals surface area (Å²) in [4.78, 5) is 21.2. The number of thiazole rings is 1. The number of allylic oxidation sites excluding steroid dienone is 4. The molecule has 0 spiro atoms. The van der Waals surface area contributed by atoms with Crippen molar-refractivity contribution >= 4 is 22.5 Å². The third-order valence-corrected chi connectivity index (χ3v) is 5.91. The van der Waals surface area contributed by atoms with Gasteiger partial charge < -0.3 is 5.73 Å². The van der Waals surface area contributed by atoms with Crippen LogP contribution in [0.3, 0.4) is 0 Å². The lowest BCUT2D eigenvalue weighted by Gasteiger charge is -2.23. The fraction of sp³-hybridized carbons (Fsp3) is 0.400. The van der Waals surface area contributed by atoms with Gasteiger partial charge in [0.25, 0.3) is 0 Å². The molecule has 2 rings (SSSR count). The molecule has 1 atom stereocenters. The van der Waals surface area contributed by atoms with Crippen molar-refractivity contribution in [2.24, 2.45) is 5.73 Å². The summed E-state index contributed by atoms with van der Waals surface area (Å²) in [7, 11) is 0. The Kier molecular flexibility index (Phi) is 11.1. The summed E-state index contributed by atoms with van der Waals surface area (Å²) in [5, 5.41) is -0.867. The Balaban J connectivity index is 2.31. The summed E-state index contributed by atoms with van der Waals surface area (Å²) in [6, 6.07) is 0.890. The molecule has 0 fully saturated rings. The largest absolute Gasteiger partial charge is 0.409 e. The third kappa shape index (κ3) is 9.64. The number of alkyl halides is 3. The minimum Gasteiger partial charge on any atom is -0.351 e. The van der Waals surface area contributed by atoms with E-state index in [1.165, 1.54) is 31.3 Å². The van der Waals surface area contributed by atoms with Gasteiger partial charge in [-0.2, -0.15) is 17.6 Å². The number of pyridine rings is 1. The van der Waals surface area contributed by atoms with Gasteiger partial charge in [-0.15, -0.1) is 0 Å². The Morgan fingerprint density at radius 2 is 1.97 bits per heavy atom. The summed E-state index contributed by atoms with van der Waals surface area (Å²) >= 11 is 0.521. The topological polar surface area (TPSA) is 72.1 Å². The molecule has 10 heteroatoms. The Labute approximate surface area is 207 Å². The fourth-order valence-electron chi connectivity index (χ4n) is 3.28. The van der Waals surface area contributed by atoms with Gasteiger partial charge in [0, 0.05) is 24.0 Å². The molecule has 2 aromatic heterocycles. The van der Waals surface area contributed by atoms with Crippen molar-refractivity contribution in [3.8, 4) is 11.3 Å². The molecule has 0 aromatic carbocycles. The highest BCUT2D eigenvalue weighted by atomic mass is 32.1. The molecule has 0 aliphatic carbocycles. The molecule has 2 N–H and O–H groups in total. The Bertz CT molecular complexity index is 1030. The van der Waals surface area contributed by atoms with Crippen LogP contribution in [-0.2, 0) is 0 Å². The number of aromatic nitrogens is 2. The molecular weight excluding hydrogens is 480 g/mol. The van der Waals surface area contributed by atoms with Crippen molar-refractivity contribution in [2.75, 3.05) is 4.90 Å². The van der Waals surface area contributed by atoms with Crippen molar-refractivity contribution in [3.05, 3.63) is 65.6 Å². The van der Waals surface area contributed by atoms with Gasteiger partial charge in [0.2, 0.25) is 5.13 Å². The average molecular weight is 511 g/mol. The van der Waals surface area contributed by atoms with Crippen LogP contribution in [0.5, 0.6) is 0 Å². The number of rotatable bonds is 12. The molecule has 35 heavy (non-hydrogen) atoms. The molecule has 2 aromatic rings. The Morgan fingerprint density at radius 3 is 2.60 bits per heavy atom. The number of amides is 2. The second-order valence-corrected chi connectivity index (χ2v) is 8.90. The number of carbonyl (C=O) groups excluding carboxylic acids is 1. The van der Waals surface area contributed by atoms with Crippen LogP contribution in [0.15, 0.2) is 60.5 Å². The van der Waals surface area contributed by atoms with Gasteiger partial charge >= 0.3 is 12.2 Å². The number of anilines is 1. The fourth-order valence-corrected chi connectivity index (χ4v) is 4.15. The molecule has 2 heterocycles. The molecule has 0 radical (unpaired) electrons. The highest BCUT2D eigenvalue weighted by Gasteiger charge is 2.28. The van der Waals surface area contributed by atoms with E-state index in [1.54, 1.807) is 18.2 Å². The van der Waals surface area contributed by atoms with E-state index in [0.29, 0.717) is 16.9 Å². The molecule has 190 valence electrons. The van der Waals surface area contributed by atoms with Crippen molar-refractivity contribution in [1.82, 2.24) is 9.97 Å². The number of nitrogens with two attached hydrogens (primary N) is 1. The van der Waals surface area contributed by atoms with Crippen LogP contribution in [-0.4, -0.2) is 28.2 Å². The first-order chi connectivity index (χ1) is 16.6. The van der Waals surface area contributed by atoms with Crippen LogP contribution in [0.4, 0.5) is 27.5 Å². The predicted octanol–water partition coefficient (Wildman–Crippen LogP) is 7.58. The number of hydrogen-bond donors (Lipinski definition) is 1. The number of carbonyl (C=O) groups is 1. The van der Waals surface area contributed by atoms with Crippen LogP contribution >= 0.6 is 11.3 Å². The number of unbranched alkanes of at least 4 members (excludes halogenated alkanes) is 5. The van der Waals surface area contributed by atoms with Crippen LogP contribution in [0.25, 0.3) is 11.3 Å². The maximum atomic E-state index is 14.6. The zero-order valence-electron chi connectivity index (χ0n) is 19.8. The van der Waals surface area contributed by atoms with Crippen LogP contribution in [0.2, 0.25) is 0 Å². The second kappa shape index (κ2) is 13.8. The van der Waals surface area contributed by atoms with E-state index in [4.69, 9.17) is 5.73 Å². The minimum atomic E-state index is -4.60. The Morgan fingerprint density at radius 1 is 1.23 bits per heavy atom. The van der Waals surface area contributed by atoms with Crippen LogP contribution < -0.4 is 10.6 Å². The molecule has 0 unspecified atom stereocenters. The highest BCUT2D eigenvalue weighted by Crippen LogP contribution is 2.33. The first-order valence-electron chi connectivity index (χ1n) is 11.4. The number of nitrogens with zero attached hydrogens (tertiary/aromatic N) is 3. The zero-order chi connectivity index (χ0) is 25.8. The molecule has 0 aliphatic rings. The van der Waals surface area contributed by atoms with Gasteiger partial charge in [0.05, 0.1) is 6.04 Å². The first kappa shape index (κ1) is 28.2. The maximum Gasteiger partial charge on any atom is 0.409 e. The van der Waals surface area contributed by atoms with Crippen molar-refractivity contribution in [1.29, 1.82) is 0 Å². The van der Waals surface area contributed by atoms with Gasteiger partial charge in [-0.05, 0) is 31.9 Å². The third-order valence-electron chi connectivity index (χ3n) is 5.06. The molecule has 2 amide bonds. The predicted molar refractivity (Wildman–Crippen MR) is 133 cm³/mol. The van der Waals surface area contributed by atoms with Crippen molar-refractivity contribution in [3.63, 3.8) is 0 Å². The lowest BCUT2D eigenvalue weighted by atomic mass is 10.1. The average Bonchev–Trinajstić information content (AvgIpc) is 3.18. The molecular formula is C25H30F4N4OS. The smallest absolute Gasteiger partial charge is 0.351 e. The van der Waals surface area contributed by atoms with Gasteiger partial charge in [-0.3, -0.25) is 9.88 Å². The van der Waals surface area contributed by atoms with E-state index in [2.05, 4.69) is 16.9 Å². The zero-order valence-corrected chi connectivity index (χ0v) is 20.6. The second-order valence-electron chi connectivity index (χ2n) is 7.97. The van der Waals surface area contributed by atoms with E-state index >= 15 is 0 Å². The SMILES string of the molecule is CCCCCCC/C=C(C)/C=C\[C@@H](/C=C/C(F)(F)F)N(C(N)=O)c1nc(-c2cccnc2)c(F)s1. The summed E-state index contributed by atoms with van der Waals surface area (Å²) in [6.07, 6.45) is 10.6. The van der Waals surface area contributed by atoms with Crippen molar-refractivity contribution in [2.45, 2.75) is 64.6 Å². The summed E-state index contributed by atoms with van der Waals surface area (Å²) < 4.78 is 53.4. The number of halogens is 4. The minimum absolute atomic E-state index is 0.0245. The molecule has 5 nitrogen and oxygen atoms in total. The van der Waals surface area contributed by atoms with Crippen LogP contribution in [0, 0.1) is 5.13 Å². The van der Waals surface area contributed by atoms with E-state index in [-0.39, 0.29) is 16.9 Å². The highest BCUT2D eigenvalue weighted by molar-refractivity contribution is 7.14. The maximum absolute atomic E-state index is 14.6. The number of urea groups is 1. The summed E-state index contributed by atoms with van der Waals surface area (Å²) in [5.74, 6) is 0. The summed E-state index contributed by atoms with van der Waals surface area (Å²) in [5.41, 5.74) is 6.64. The van der Waals surface area contributed by atoms with Gasteiger partial charge in [0.1, 0.15) is 5.69 Å². The van der Waals surface area contributed by atoms with Gasteiger partial charge in [0.15, 0.2) is 5.13 Å².